The molecule has 0 atom stereocenters. The summed E-state index contributed by atoms with van der Waals surface area (Å²) in [5, 5.41) is 2.43. The number of benzene rings is 6. The summed E-state index contributed by atoms with van der Waals surface area (Å²) in [4.78, 5) is 0. The van der Waals surface area contributed by atoms with Crippen molar-refractivity contribution in [1.82, 2.24) is 0 Å². The van der Waals surface area contributed by atoms with Crippen LogP contribution in [0.4, 0.5) is 5.69 Å². The van der Waals surface area contributed by atoms with Crippen LogP contribution in [0.5, 0.6) is 0 Å². The predicted molar refractivity (Wildman–Crippen MR) is 151 cm³/mol. The van der Waals surface area contributed by atoms with Crippen molar-refractivity contribution in [2.45, 2.75) is 5.41 Å². The normalized spacial score (nSPS) is 13.3. The van der Waals surface area contributed by atoms with Crippen LogP contribution in [0.25, 0.3) is 33.0 Å². The zero-order valence-corrected chi connectivity index (χ0v) is 19.9. The number of fused-ring (bicyclic) bond motifs is 4. The van der Waals surface area contributed by atoms with Crippen LogP contribution < -0.4 is 5.73 Å². The summed E-state index contributed by atoms with van der Waals surface area (Å²) < 4.78 is 0. The molecular formula is C35H25N. The summed E-state index contributed by atoms with van der Waals surface area (Å²) in [7, 11) is 0. The molecule has 0 saturated carbocycles. The molecule has 1 aliphatic rings. The van der Waals surface area contributed by atoms with E-state index >= 15 is 0 Å². The van der Waals surface area contributed by atoms with Gasteiger partial charge in [0.05, 0.1) is 5.41 Å². The maximum atomic E-state index is 6.93. The molecule has 6 aromatic rings. The highest BCUT2D eigenvalue weighted by molar-refractivity contribution is 6.04. The summed E-state index contributed by atoms with van der Waals surface area (Å²) >= 11 is 0. The maximum Gasteiger partial charge on any atom is 0.0720 e. The molecule has 0 aliphatic heterocycles. The Balaban J connectivity index is 1.71. The molecule has 1 nitrogen and oxygen atoms in total. The van der Waals surface area contributed by atoms with Crippen LogP contribution in [0.3, 0.4) is 0 Å². The number of hydrogen-bond donors (Lipinski definition) is 1. The fourth-order valence-corrected chi connectivity index (χ4v) is 6.29. The molecule has 0 radical (unpaired) electrons. The lowest BCUT2D eigenvalue weighted by atomic mass is 9.66. The molecule has 170 valence electrons. The van der Waals surface area contributed by atoms with Crippen LogP contribution in [0.1, 0.15) is 22.3 Å². The smallest absolute Gasteiger partial charge is 0.0720 e. The molecule has 0 aromatic heterocycles. The van der Waals surface area contributed by atoms with Gasteiger partial charge in [0.1, 0.15) is 0 Å². The zero-order chi connectivity index (χ0) is 24.1. The van der Waals surface area contributed by atoms with Crippen molar-refractivity contribution in [3.8, 4) is 22.3 Å². The fourth-order valence-electron chi connectivity index (χ4n) is 6.29. The predicted octanol–water partition coefficient (Wildman–Crippen LogP) is 8.45. The maximum absolute atomic E-state index is 6.93. The number of anilines is 1. The Bertz CT molecular complexity index is 1690. The first-order valence-electron chi connectivity index (χ1n) is 12.4. The van der Waals surface area contributed by atoms with E-state index in [4.69, 9.17) is 5.73 Å². The second-order valence-electron chi connectivity index (χ2n) is 9.51. The molecule has 2 N–H and O–H groups in total. The molecule has 6 aromatic carbocycles. The molecule has 7 rings (SSSR count). The second kappa shape index (κ2) is 7.96. The summed E-state index contributed by atoms with van der Waals surface area (Å²) in [6.07, 6.45) is 0. The van der Waals surface area contributed by atoms with Crippen molar-refractivity contribution in [1.29, 1.82) is 0 Å². The van der Waals surface area contributed by atoms with Crippen LogP contribution in [0.15, 0.2) is 140 Å². The van der Waals surface area contributed by atoms with E-state index in [1.807, 2.05) is 0 Å². The van der Waals surface area contributed by atoms with E-state index in [0.717, 1.165) is 11.3 Å². The van der Waals surface area contributed by atoms with Gasteiger partial charge in [0.2, 0.25) is 0 Å². The molecule has 1 heteroatoms. The van der Waals surface area contributed by atoms with Gasteiger partial charge in [0, 0.05) is 11.3 Å². The monoisotopic (exact) mass is 459 g/mol. The van der Waals surface area contributed by atoms with E-state index in [-0.39, 0.29) is 0 Å². The van der Waals surface area contributed by atoms with E-state index in [1.165, 1.54) is 49.7 Å². The number of nitrogens with two attached hydrogens (primary N) is 1. The standard InChI is InChI=1S/C35H25N/c36-32-23-22-30-28-19-9-10-21-31(28)35(25-14-3-1-4-15-25,26-16-5-2-6-17-26)34(30)33(32)29-20-11-13-24-12-7-8-18-27(24)29/h1-23H,36H2. The Morgan fingerprint density at radius 3 is 1.78 bits per heavy atom. The quantitative estimate of drug-likeness (QED) is 0.264. The summed E-state index contributed by atoms with van der Waals surface area (Å²) in [5.74, 6) is 0. The lowest BCUT2D eigenvalue weighted by Gasteiger charge is -2.35. The van der Waals surface area contributed by atoms with Gasteiger partial charge in [-0.3, -0.25) is 0 Å². The topological polar surface area (TPSA) is 26.0 Å². The highest BCUT2D eigenvalue weighted by Crippen LogP contribution is 2.59. The Hall–Kier alpha value is -4.62. The van der Waals surface area contributed by atoms with Crippen molar-refractivity contribution in [2.24, 2.45) is 0 Å². The van der Waals surface area contributed by atoms with Gasteiger partial charge in [-0.25, -0.2) is 0 Å². The third-order valence-corrected chi connectivity index (χ3v) is 7.71. The average molecular weight is 460 g/mol. The average Bonchev–Trinajstić information content (AvgIpc) is 3.25. The van der Waals surface area contributed by atoms with Crippen molar-refractivity contribution < 1.29 is 0 Å². The first-order valence-corrected chi connectivity index (χ1v) is 12.4. The summed E-state index contributed by atoms with van der Waals surface area (Å²) in [6.45, 7) is 0. The van der Waals surface area contributed by atoms with Gasteiger partial charge in [-0.15, -0.1) is 0 Å². The third-order valence-electron chi connectivity index (χ3n) is 7.71. The Labute approximate surface area is 211 Å². The van der Waals surface area contributed by atoms with Crippen molar-refractivity contribution >= 4 is 16.5 Å². The van der Waals surface area contributed by atoms with Crippen LogP contribution in [-0.2, 0) is 5.41 Å². The van der Waals surface area contributed by atoms with Crippen molar-refractivity contribution in [3.05, 3.63) is 162 Å². The summed E-state index contributed by atoms with van der Waals surface area (Å²) in [5.41, 5.74) is 17.1. The number of nitrogen functional groups attached to an aromatic ring is 1. The number of rotatable bonds is 3. The second-order valence-corrected chi connectivity index (χ2v) is 9.51. The van der Waals surface area contributed by atoms with Gasteiger partial charge < -0.3 is 5.73 Å². The third kappa shape index (κ3) is 2.77. The largest absolute Gasteiger partial charge is 0.398 e. The molecule has 0 amide bonds. The molecule has 0 bridgehead atoms. The molecule has 0 fully saturated rings. The molecule has 0 spiro atoms. The Morgan fingerprint density at radius 2 is 1.03 bits per heavy atom. The first-order chi connectivity index (χ1) is 17.8. The fraction of sp³-hybridized carbons (Fsp3) is 0.0286. The number of hydrogen-bond acceptors (Lipinski definition) is 1. The molecule has 36 heavy (non-hydrogen) atoms. The van der Waals surface area contributed by atoms with E-state index in [0.29, 0.717) is 0 Å². The van der Waals surface area contributed by atoms with Crippen LogP contribution in [0.2, 0.25) is 0 Å². The molecule has 0 saturated heterocycles. The van der Waals surface area contributed by atoms with Gasteiger partial charge >= 0.3 is 0 Å². The Morgan fingerprint density at radius 1 is 0.444 bits per heavy atom. The minimum atomic E-state index is -0.490. The van der Waals surface area contributed by atoms with Gasteiger partial charge in [-0.1, -0.05) is 133 Å². The molecule has 0 heterocycles. The van der Waals surface area contributed by atoms with Crippen LogP contribution in [-0.4, -0.2) is 0 Å². The van der Waals surface area contributed by atoms with Crippen LogP contribution in [0, 0.1) is 0 Å². The lowest BCUT2D eigenvalue weighted by molar-refractivity contribution is 0.771. The minimum Gasteiger partial charge on any atom is -0.398 e. The first kappa shape index (κ1) is 20.7. The van der Waals surface area contributed by atoms with Gasteiger partial charge in [-0.2, -0.15) is 0 Å². The van der Waals surface area contributed by atoms with E-state index in [2.05, 4.69) is 140 Å². The molecule has 0 unspecified atom stereocenters. The van der Waals surface area contributed by atoms with Gasteiger partial charge in [-0.05, 0) is 55.8 Å². The highest BCUT2D eigenvalue weighted by Gasteiger charge is 2.48. The van der Waals surface area contributed by atoms with Crippen molar-refractivity contribution in [2.75, 3.05) is 5.73 Å². The lowest BCUT2D eigenvalue weighted by Crippen LogP contribution is -2.29. The highest BCUT2D eigenvalue weighted by atomic mass is 14.6. The van der Waals surface area contributed by atoms with Crippen LogP contribution >= 0.6 is 0 Å². The van der Waals surface area contributed by atoms with Crippen molar-refractivity contribution in [3.63, 3.8) is 0 Å². The van der Waals surface area contributed by atoms with E-state index < -0.39 is 5.41 Å². The molecule has 1 aliphatic carbocycles. The van der Waals surface area contributed by atoms with E-state index in [1.54, 1.807) is 0 Å². The Kier molecular flexibility index (Phi) is 4.59. The zero-order valence-electron chi connectivity index (χ0n) is 19.9. The molecular weight excluding hydrogens is 434 g/mol. The van der Waals surface area contributed by atoms with Gasteiger partial charge in [0.15, 0.2) is 0 Å². The summed E-state index contributed by atoms with van der Waals surface area (Å²) in [6, 6.07) is 50.1. The SMILES string of the molecule is Nc1ccc2c(c1-c1cccc3ccccc13)C(c1ccccc1)(c1ccccc1)c1ccccc1-2. The van der Waals surface area contributed by atoms with E-state index in [9.17, 15) is 0 Å². The van der Waals surface area contributed by atoms with Gasteiger partial charge in [0.25, 0.3) is 0 Å². The minimum absolute atomic E-state index is 0.490.